The lowest BCUT2D eigenvalue weighted by molar-refractivity contribution is -0.157. The number of amides is 1. The summed E-state index contributed by atoms with van der Waals surface area (Å²) in [7, 11) is 0. The molecule has 1 aromatic heterocycles. The monoisotopic (exact) mass is 329 g/mol. The highest BCUT2D eigenvalue weighted by Gasteiger charge is 2.42. The van der Waals surface area contributed by atoms with E-state index >= 15 is 0 Å². The molecule has 0 bridgehead atoms. The van der Waals surface area contributed by atoms with Gasteiger partial charge in [0, 0.05) is 18.9 Å². The van der Waals surface area contributed by atoms with Crippen molar-refractivity contribution in [3.05, 3.63) is 29.8 Å². The van der Waals surface area contributed by atoms with Gasteiger partial charge in [-0.2, -0.15) is 18.4 Å². The van der Waals surface area contributed by atoms with Gasteiger partial charge in [-0.25, -0.2) is 4.39 Å². The standard InChI is InChI=1S/C14H11F4N3O2/c15-9-1-2-11(20-5-9)10(4-19)13(23)8-3-12(22)21(6-8)7-14(16,17)18/h1-2,5,8,10H,3,6-7H2. The van der Waals surface area contributed by atoms with E-state index in [4.69, 9.17) is 5.26 Å². The van der Waals surface area contributed by atoms with Gasteiger partial charge in [0.2, 0.25) is 5.91 Å². The number of hydrogen-bond donors (Lipinski definition) is 0. The predicted molar refractivity (Wildman–Crippen MR) is 68.3 cm³/mol. The molecule has 1 fully saturated rings. The second kappa shape index (κ2) is 6.32. The molecule has 5 nitrogen and oxygen atoms in total. The highest BCUT2D eigenvalue weighted by Crippen LogP contribution is 2.28. The first-order valence-electron chi connectivity index (χ1n) is 6.60. The predicted octanol–water partition coefficient (Wildman–Crippen LogP) is 1.81. The van der Waals surface area contributed by atoms with Crippen LogP contribution in [0.1, 0.15) is 18.0 Å². The third-order valence-electron chi connectivity index (χ3n) is 3.45. The van der Waals surface area contributed by atoms with Gasteiger partial charge in [0.1, 0.15) is 18.3 Å². The third-order valence-corrected chi connectivity index (χ3v) is 3.45. The fourth-order valence-electron chi connectivity index (χ4n) is 2.40. The minimum Gasteiger partial charge on any atom is -0.333 e. The molecule has 2 heterocycles. The molecule has 1 amide bonds. The number of likely N-dealkylation sites (tertiary alicyclic amines) is 1. The number of pyridine rings is 1. The number of hydrogen-bond acceptors (Lipinski definition) is 4. The fraction of sp³-hybridized carbons (Fsp3) is 0.429. The SMILES string of the molecule is N#CC(C(=O)C1CC(=O)N(CC(F)(F)F)C1)c1ccc(F)cn1. The third kappa shape index (κ3) is 4.03. The largest absolute Gasteiger partial charge is 0.406 e. The van der Waals surface area contributed by atoms with Crippen LogP contribution in [0.5, 0.6) is 0 Å². The Balaban J connectivity index is 2.12. The van der Waals surface area contributed by atoms with Crippen molar-refractivity contribution in [2.24, 2.45) is 5.92 Å². The van der Waals surface area contributed by atoms with E-state index in [0.717, 1.165) is 18.3 Å². The molecule has 122 valence electrons. The van der Waals surface area contributed by atoms with E-state index < -0.39 is 48.6 Å². The summed E-state index contributed by atoms with van der Waals surface area (Å²) in [6.45, 7) is -1.82. The van der Waals surface area contributed by atoms with Gasteiger partial charge in [-0.15, -0.1) is 0 Å². The molecule has 1 aliphatic heterocycles. The van der Waals surface area contributed by atoms with E-state index in [1.807, 2.05) is 0 Å². The van der Waals surface area contributed by atoms with Crippen LogP contribution >= 0.6 is 0 Å². The second-order valence-electron chi connectivity index (χ2n) is 5.16. The minimum absolute atomic E-state index is 0.000574. The number of nitriles is 1. The molecule has 1 aliphatic rings. The lowest BCUT2D eigenvalue weighted by Crippen LogP contribution is -2.36. The van der Waals surface area contributed by atoms with Gasteiger partial charge in [-0.3, -0.25) is 14.6 Å². The lowest BCUT2D eigenvalue weighted by Gasteiger charge is -2.18. The van der Waals surface area contributed by atoms with Gasteiger partial charge in [0.05, 0.1) is 18.0 Å². The van der Waals surface area contributed by atoms with Gasteiger partial charge >= 0.3 is 6.18 Å². The summed E-state index contributed by atoms with van der Waals surface area (Å²) in [5.41, 5.74) is 0.000574. The molecule has 2 rings (SSSR count). The highest BCUT2D eigenvalue weighted by atomic mass is 19.4. The highest BCUT2D eigenvalue weighted by molar-refractivity contribution is 5.95. The first kappa shape index (κ1) is 16.9. The van der Waals surface area contributed by atoms with Gasteiger partial charge in [0.25, 0.3) is 0 Å². The van der Waals surface area contributed by atoms with E-state index in [-0.39, 0.29) is 12.1 Å². The molecule has 0 aliphatic carbocycles. The van der Waals surface area contributed by atoms with Gasteiger partial charge < -0.3 is 4.90 Å². The minimum atomic E-state index is -4.55. The Morgan fingerprint density at radius 2 is 2.17 bits per heavy atom. The van der Waals surface area contributed by atoms with E-state index in [9.17, 15) is 27.2 Å². The number of nitrogens with zero attached hydrogens (tertiary/aromatic N) is 3. The first-order valence-corrected chi connectivity index (χ1v) is 6.60. The fourth-order valence-corrected chi connectivity index (χ4v) is 2.40. The summed E-state index contributed by atoms with van der Waals surface area (Å²) >= 11 is 0. The van der Waals surface area contributed by atoms with Crippen LogP contribution < -0.4 is 0 Å². The molecule has 1 saturated heterocycles. The smallest absolute Gasteiger partial charge is 0.333 e. The summed E-state index contributed by atoms with van der Waals surface area (Å²) < 4.78 is 49.9. The average Bonchev–Trinajstić information content (AvgIpc) is 2.81. The van der Waals surface area contributed by atoms with Crippen LogP contribution in [0.15, 0.2) is 18.3 Å². The van der Waals surface area contributed by atoms with Crippen molar-refractivity contribution in [3.8, 4) is 6.07 Å². The van der Waals surface area contributed by atoms with Crippen LogP contribution in [0.25, 0.3) is 0 Å². The van der Waals surface area contributed by atoms with Crippen LogP contribution in [-0.2, 0) is 9.59 Å². The molecule has 23 heavy (non-hydrogen) atoms. The Morgan fingerprint density at radius 3 is 2.70 bits per heavy atom. The number of ketones is 1. The normalized spacial score (nSPS) is 19.5. The zero-order valence-electron chi connectivity index (χ0n) is 11.7. The zero-order chi connectivity index (χ0) is 17.2. The Labute approximate surface area is 128 Å². The maximum Gasteiger partial charge on any atom is 0.406 e. The molecule has 1 aromatic rings. The maximum absolute atomic E-state index is 12.8. The molecule has 2 atom stereocenters. The van der Waals surface area contributed by atoms with E-state index in [2.05, 4.69) is 4.98 Å². The topological polar surface area (TPSA) is 74.1 Å². The van der Waals surface area contributed by atoms with E-state index in [1.54, 1.807) is 6.07 Å². The van der Waals surface area contributed by atoms with E-state index in [0.29, 0.717) is 4.90 Å². The number of Topliss-reactive ketones (excluding diaryl/α,β-unsaturated/α-hetero) is 1. The average molecular weight is 329 g/mol. The van der Waals surface area contributed by atoms with Crippen LogP contribution in [0.2, 0.25) is 0 Å². The first-order chi connectivity index (χ1) is 10.7. The van der Waals surface area contributed by atoms with Gasteiger partial charge in [-0.1, -0.05) is 0 Å². The van der Waals surface area contributed by atoms with Crippen molar-refractivity contribution in [1.82, 2.24) is 9.88 Å². The Morgan fingerprint density at radius 1 is 1.48 bits per heavy atom. The number of rotatable bonds is 4. The molecule has 0 saturated carbocycles. The van der Waals surface area contributed by atoms with Crippen molar-refractivity contribution in [1.29, 1.82) is 5.26 Å². The summed E-state index contributed by atoms with van der Waals surface area (Å²) in [5.74, 6) is -4.49. The van der Waals surface area contributed by atoms with Gasteiger partial charge in [-0.05, 0) is 12.1 Å². The van der Waals surface area contributed by atoms with Crippen molar-refractivity contribution in [2.75, 3.05) is 13.1 Å². The molecule has 0 radical (unpaired) electrons. The van der Waals surface area contributed by atoms with Crippen LogP contribution in [0.4, 0.5) is 17.6 Å². The van der Waals surface area contributed by atoms with Crippen molar-refractivity contribution in [3.63, 3.8) is 0 Å². The van der Waals surface area contributed by atoms with E-state index in [1.165, 1.54) is 0 Å². The summed E-state index contributed by atoms with van der Waals surface area (Å²) in [6.07, 6.45) is -4.10. The number of halogens is 4. The summed E-state index contributed by atoms with van der Waals surface area (Å²) in [6, 6.07) is 3.89. The quantitative estimate of drug-likeness (QED) is 0.790. The van der Waals surface area contributed by atoms with Crippen LogP contribution in [0.3, 0.4) is 0 Å². The Kier molecular flexibility index (Phi) is 4.63. The number of alkyl halides is 3. The lowest BCUT2D eigenvalue weighted by atomic mass is 9.90. The zero-order valence-corrected chi connectivity index (χ0v) is 11.7. The van der Waals surface area contributed by atoms with Crippen molar-refractivity contribution < 1.29 is 27.2 Å². The number of aromatic nitrogens is 1. The summed E-state index contributed by atoms with van der Waals surface area (Å²) in [5, 5.41) is 9.11. The van der Waals surface area contributed by atoms with Crippen LogP contribution in [-0.4, -0.2) is 40.8 Å². The molecule has 0 N–H and O–H groups in total. The van der Waals surface area contributed by atoms with Gasteiger partial charge in [0.15, 0.2) is 5.78 Å². The number of carbonyl (C=O) groups excluding carboxylic acids is 2. The molecular formula is C14H11F4N3O2. The second-order valence-corrected chi connectivity index (χ2v) is 5.16. The molecule has 9 heteroatoms. The maximum atomic E-state index is 12.8. The summed E-state index contributed by atoms with van der Waals surface area (Å²) in [4.78, 5) is 28.1. The Bertz CT molecular complexity index is 651. The Hall–Kier alpha value is -2.50. The van der Waals surface area contributed by atoms with Crippen LogP contribution in [0, 0.1) is 23.1 Å². The molecular weight excluding hydrogens is 318 g/mol. The number of carbonyl (C=O) groups is 2. The molecule has 2 unspecified atom stereocenters. The van der Waals surface area contributed by atoms with Crippen molar-refractivity contribution >= 4 is 11.7 Å². The molecule has 0 aromatic carbocycles. The molecule has 0 spiro atoms. The van der Waals surface area contributed by atoms with Crippen molar-refractivity contribution in [2.45, 2.75) is 18.5 Å².